The monoisotopic (exact) mass is 214 g/mol. The molecule has 2 rings (SSSR count). The highest BCUT2D eigenvalue weighted by Gasteiger charge is 2.21. The lowest BCUT2D eigenvalue weighted by Gasteiger charge is -2.30. The summed E-state index contributed by atoms with van der Waals surface area (Å²) in [6, 6.07) is 0.376. The minimum atomic E-state index is 0.376. The Morgan fingerprint density at radius 1 is 1.64 bits per heavy atom. The fourth-order valence-corrected chi connectivity index (χ4v) is 2.11. The number of nitrogens with zero attached hydrogens (tertiary/aromatic N) is 3. The van der Waals surface area contributed by atoms with Crippen molar-refractivity contribution >= 4 is 17.4 Å². The summed E-state index contributed by atoms with van der Waals surface area (Å²) in [6.07, 6.45) is 3.94. The van der Waals surface area contributed by atoms with Gasteiger partial charge in [-0.15, -0.1) is 0 Å². The average molecular weight is 215 g/mol. The number of aromatic nitrogens is 2. The number of nitrogen functional groups attached to an aromatic ring is 1. The molecule has 78 valence electrons. The Hall–Kier alpha value is -0.740. The molecule has 0 spiro atoms. The number of piperidine rings is 1. The van der Waals surface area contributed by atoms with Gasteiger partial charge in [0.1, 0.15) is 10.8 Å². The lowest BCUT2D eigenvalue weighted by atomic mass is 10.1. The van der Waals surface area contributed by atoms with Gasteiger partial charge in [0, 0.05) is 6.54 Å². The van der Waals surface area contributed by atoms with Crippen molar-refractivity contribution in [2.75, 3.05) is 25.9 Å². The number of anilines is 1. The minimum absolute atomic E-state index is 0.376. The van der Waals surface area contributed by atoms with Gasteiger partial charge in [0.25, 0.3) is 0 Å². The average Bonchev–Trinajstić information content (AvgIpc) is 2.48. The summed E-state index contributed by atoms with van der Waals surface area (Å²) in [5.74, 6) is 0.590. The zero-order chi connectivity index (χ0) is 10.1. The van der Waals surface area contributed by atoms with Crippen LogP contribution in [-0.2, 0) is 0 Å². The van der Waals surface area contributed by atoms with Crippen molar-refractivity contribution in [1.29, 1.82) is 0 Å². The molecule has 0 radical (unpaired) electrons. The van der Waals surface area contributed by atoms with Crippen LogP contribution in [0.2, 0.25) is 5.02 Å². The van der Waals surface area contributed by atoms with Gasteiger partial charge in [-0.3, -0.25) is 0 Å². The fourth-order valence-electron chi connectivity index (χ4n) is 1.98. The number of nitrogens with two attached hydrogens (primary N) is 1. The quantitative estimate of drug-likeness (QED) is 0.769. The number of halogens is 1. The topological polar surface area (TPSA) is 47.1 Å². The van der Waals surface area contributed by atoms with Crippen LogP contribution < -0.4 is 5.73 Å². The van der Waals surface area contributed by atoms with Crippen LogP contribution in [0, 0.1) is 0 Å². The van der Waals surface area contributed by atoms with E-state index < -0.39 is 0 Å². The van der Waals surface area contributed by atoms with Crippen LogP contribution in [0.4, 0.5) is 5.82 Å². The summed E-state index contributed by atoms with van der Waals surface area (Å²) in [5, 5.41) is 4.76. The van der Waals surface area contributed by atoms with Crippen LogP contribution >= 0.6 is 11.6 Å². The smallest absolute Gasteiger partial charge is 0.140 e. The normalized spacial score (nSPS) is 24.0. The first-order valence-electron chi connectivity index (χ1n) is 4.85. The van der Waals surface area contributed by atoms with E-state index in [2.05, 4.69) is 17.0 Å². The van der Waals surface area contributed by atoms with Gasteiger partial charge in [-0.1, -0.05) is 11.6 Å². The van der Waals surface area contributed by atoms with Crippen LogP contribution in [0.3, 0.4) is 0 Å². The third-order valence-corrected chi connectivity index (χ3v) is 3.02. The fraction of sp³-hybridized carbons (Fsp3) is 0.667. The van der Waals surface area contributed by atoms with Crippen molar-refractivity contribution in [2.45, 2.75) is 18.9 Å². The molecule has 1 aromatic heterocycles. The molecular formula is C9H15ClN4. The van der Waals surface area contributed by atoms with E-state index in [1.807, 2.05) is 4.68 Å². The summed E-state index contributed by atoms with van der Waals surface area (Å²) >= 11 is 5.86. The SMILES string of the molecule is CN1CCCC(n2ncc(Cl)c2N)C1. The Kier molecular flexibility index (Phi) is 2.65. The van der Waals surface area contributed by atoms with Crippen LogP contribution in [0.5, 0.6) is 0 Å². The van der Waals surface area contributed by atoms with Gasteiger partial charge in [0.15, 0.2) is 0 Å². The third kappa shape index (κ3) is 1.72. The summed E-state index contributed by atoms with van der Waals surface area (Å²) < 4.78 is 1.85. The molecule has 0 amide bonds. The molecule has 4 nitrogen and oxygen atoms in total. The van der Waals surface area contributed by atoms with Crippen molar-refractivity contribution in [2.24, 2.45) is 0 Å². The molecule has 1 unspecified atom stereocenters. The number of likely N-dealkylation sites (tertiary alicyclic amines) is 1. The summed E-state index contributed by atoms with van der Waals surface area (Å²) in [6.45, 7) is 2.16. The maximum Gasteiger partial charge on any atom is 0.140 e. The first kappa shape index (κ1) is 9.80. The number of hydrogen-bond acceptors (Lipinski definition) is 3. The second-order valence-electron chi connectivity index (χ2n) is 3.88. The molecule has 1 aliphatic heterocycles. The standard InChI is InChI=1S/C9H15ClN4/c1-13-4-2-3-7(6-13)14-9(11)8(10)5-12-14/h5,7H,2-4,6,11H2,1H3. The zero-order valence-electron chi connectivity index (χ0n) is 8.28. The lowest BCUT2D eigenvalue weighted by molar-refractivity contribution is 0.204. The number of rotatable bonds is 1. The maximum atomic E-state index is 5.86. The van der Waals surface area contributed by atoms with Crippen molar-refractivity contribution < 1.29 is 0 Å². The van der Waals surface area contributed by atoms with E-state index in [1.54, 1.807) is 6.20 Å². The van der Waals surface area contributed by atoms with Crippen LogP contribution in [-0.4, -0.2) is 34.8 Å². The second kappa shape index (κ2) is 3.79. The molecule has 1 aromatic rings. The minimum Gasteiger partial charge on any atom is -0.383 e. The van der Waals surface area contributed by atoms with Gasteiger partial charge >= 0.3 is 0 Å². The number of likely N-dealkylation sites (N-methyl/N-ethyl adjacent to an activating group) is 1. The predicted octanol–water partition coefficient (Wildman–Crippen LogP) is 1.39. The van der Waals surface area contributed by atoms with E-state index in [1.165, 1.54) is 6.42 Å². The molecule has 1 atom stereocenters. The molecule has 5 heteroatoms. The first-order valence-corrected chi connectivity index (χ1v) is 5.23. The molecule has 1 fully saturated rings. The Morgan fingerprint density at radius 2 is 2.43 bits per heavy atom. The van der Waals surface area contributed by atoms with Gasteiger partial charge in [0.05, 0.1) is 12.2 Å². The van der Waals surface area contributed by atoms with Crippen LogP contribution in [0.25, 0.3) is 0 Å². The zero-order valence-corrected chi connectivity index (χ0v) is 9.04. The van der Waals surface area contributed by atoms with E-state index >= 15 is 0 Å². The van der Waals surface area contributed by atoms with E-state index in [0.29, 0.717) is 16.9 Å². The molecule has 2 heterocycles. The Morgan fingerprint density at radius 3 is 3.00 bits per heavy atom. The van der Waals surface area contributed by atoms with E-state index in [0.717, 1.165) is 19.5 Å². The molecule has 0 saturated carbocycles. The van der Waals surface area contributed by atoms with E-state index in [4.69, 9.17) is 17.3 Å². The van der Waals surface area contributed by atoms with Crippen molar-refractivity contribution in [3.63, 3.8) is 0 Å². The summed E-state index contributed by atoms with van der Waals surface area (Å²) in [7, 11) is 2.12. The molecule has 0 aliphatic carbocycles. The highest BCUT2D eigenvalue weighted by Crippen LogP contribution is 2.26. The van der Waals surface area contributed by atoms with Crippen LogP contribution in [0.1, 0.15) is 18.9 Å². The van der Waals surface area contributed by atoms with Gasteiger partial charge in [-0.05, 0) is 26.4 Å². The number of hydrogen-bond donors (Lipinski definition) is 1. The van der Waals surface area contributed by atoms with Crippen molar-refractivity contribution in [3.05, 3.63) is 11.2 Å². The third-order valence-electron chi connectivity index (χ3n) is 2.73. The van der Waals surface area contributed by atoms with Crippen molar-refractivity contribution in [3.8, 4) is 0 Å². The molecule has 0 bridgehead atoms. The highest BCUT2D eigenvalue weighted by molar-refractivity contribution is 6.32. The molecule has 1 saturated heterocycles. The van der Waals surface area contributed by atoms with E-state index in [-0.39, 0.29) is 0 Å². The summed E-state index contributed by atoms with van der Waals surface area (Å²) in [5.41, 5.74) is 5.83. The Labute approximate surface area is 88.6 Å². The predicted molar refractivity (Wildman–Crippen MR) is 57.4 cm³/mol. The summed E-state index contributed by atoms with van der Waals surface area (Å²) in [4.78, 5) is 2.29. The Bertz CT molecular complexity index is 323. The molecule has 2 N–H and O–H groups in total. The van der Waals surface area contributed by atoms with Crippen molar-refractivity contribution in [1.82, 2.24) is 14.7 Å². The van der Waals surface area contributed by atoms with Gasteiger partial charge < -0.3 is 10.6 Å². The molecule has 1 aliphatic rings. The molecule has 14 heavy (non-hydrogen) atoms. The van der Waals surface area contributed by atoms with Crippen LogP contribution in [0.15, 0.2) is 6.20 Å². The van der Waals surface area contributed by atoms with Gasteiger partial charge in [-0.2, -0.15) is 5.10 Å². The first-order chi connectivity index (χ1) is 6.68. The Balaban J connectivity index is 2.18. The second-order valence-corrected chi connectivity index (χ2v) is 4.29. The highest BCUT2D eigenvalue weighted by atomic mass is 35.5. The largest absolute Gasteiger partial charge is 0.383 e. The molecular weight excluding hydrogens is 200 g/mol. The van der Waals surface area contributed by atoms with Gasteiger partial charge in [-0.25, -0.2) is 4.68 Å². The van der Waals surface area contributed by atoms with Gasteiger partial charge in [0.2, 0.25) is 0 Å². The maximum absolute atomic E-state index is 5.86. The van der Waals surface area contributed by atoms with E-state index in [9.17, 15) is 0 Å². The molecule has 0 aromatic carbocycles. The lowest BCUT2D eigenvalue weighted by Crippen LogP contribution is -2.34.